The number of fused-ring (bicyclic) bond motifs is 1. The normalized spacial score (nSPS) is 15.4. The first kappa shape index (κ1) is 28.0. The Balaban J connectivity index is 1.36. The van der Waals surface area contributed by atoms with E-state index in [1.807, 2.05) is 18.2 Å². The highest BCUT2D eigenvalue weighted by molar-refractivity contribution is 6.32. The number of halogens is 3. The minimum absolute atomic E-state index is 0.0815. The summed E-state index contributed by atoms with van der Waals surface area (Å²) in [6.45, 7) is 2.40. The van der Waals surface area contributed by atoms with Gasteiger partial charge >= 0.3 is 5.97 Å². The van der Waals surface area contributed by atoms with E-state index in [-0.39, 0.29) is 23.7 Å². The summed E-state index contributed by atoms with van der Waals surface area (Å²) >= 11 is 6.55. The van der Waals surface area contributed by atoms with Gasteiger partial charge in [-0.15, -0.1) is 0 Å². The standard InChI is InChI=1S/C29H33ClF2N2O4/c1-36-21-6-8-26-23(17-21)22(24(30)19-33-26)4-3-9-29(18-28(35)37-2)10-12-34(13-11-29)14-15-38-27-16-20(31)5-7-25(27)32/h5-8,16-17,19H,3-4,9-15,18H2,1-2H3. The van der Waals surface area contributed by atoms with Gasteiger partial charge in [0.15, 0.2) is 11.6 Å². The van der Waals surface area contributed by atoms with Gasteiger partial charge in [-0.3, -0.25) is 14.7 Å². The van der Waals surface area contributed by atoms with E-state index in [9.17, 15) is 13.6 Å². The van der Waals surface area contributed by atoms with E-state index in [4.69, 9.17) is 25.8 Å². The van der Waals surface area contributed by atoms with Gasteiger partial charge in [0.05, 0.1) is 31.2 Å². The van der Waals surface area contributed by atoms with Gasteiger partial charge in [-0.1, -0.05) is 11.6 Å². The number of hydrogen-bond acceptors (Lipinski definition) is 6. The van der Waals surface area contributed by atoms with Crippen LogP contribution >= 0.6 is 11.6 Å². The molecule has 3 aromatic rings. The number of benzene rings is 2. The molecule has 1 aromatic heterocycles. The smallest absolute Gasteiger partial charge is 0.306 e. The highest BCUT2D eigenvalue weighted by Gasteiger charge is 2.36. The summed E-state index contributed by atoms with van der Waals surface area (Å²) in [6, 6.07) is 8.95. The van der Waals surface area contributed by atoms with Crippen molar-refractivity contribution in [1.29, 1.82) is 0 Å². The number of piperidine rings is 1. The van der Waals surface area contributed by atoms with Crippen molar-refractivity contribution < 1.29 is 27.8 Å². The van der Waals surface area contributed by atoms with Crippen LogP contribution in [-0.4, -0.2) is 56.3 Å². The van der Waals surface area contributed by atoms with Gasteiger partial charge in [0.1, 0.15) is 18.2 Å². The molecule has 1 aliphatic heterocycles. The van der Waals surface area contributed by atoms with Crippen LogP contribution in [0.4, 0.5) is 8.78 Å². The van der Waals surface area contributed by atoms with Crippen molar-refractivity contribution in [2.24, 2.45) is 5.41 Å². The van der Waals surface area contributed by atoms with Crippen LogP contribution in [0.2, 0.25) is 5.02 Å². The lowest BCUT2D eigenvalue weighted by Crippen LogP contribution is -2.42. The van der Waals surface area contributed by atoms with E-state index >= 15 is 0 Å². The first-order valence-electron chi connectivity index (χ1n) is 12.8. The van der Waals surface area contributed by atoms with Crippen molar-refractivity contribution in [2.75, 3.05) is 40.5 Å². The molecule has 0 atom stereocenters. The Morgan fingerprint density at radius 3 is 2.66 bits per heavy atom. The summed E-state index contributed by atoms with van der Waals surface area (Å²) in [7, 11) is 3.05. The average Bonchev–Trinajstić information content (AvgIpc) is 2.92. The van der Waals surface area contributed by atoms with Crippen LogP contribution in [0.5, 0.6) is 11.5 Å². The number of likely N-dealkylation sites (tertiary alicyclic amines) is 1. The third kappa shape index (κ3) is 6.91. The minimum atomic E-state index is -0.581. The second-order valence-electron chi connectivity index (χ2n) is 9.84. The number of aryl methyl sites for hydroxylation is 1. The Hall–Kier alpha value is -2.97. The molecule has 0 saturated carbocycles. The van der Waals surface area contributed by atoms with Gasteiger partial charge in [-0.25, -0.2) is 8.78 Å². The molecule has 38 heavy (non-hydrogen) atoms. The summed E-state index contributed by atoms with van der Waals surface area (Å²) in [6.07, 6.45) is 6.17. The van der Waals surface area contributed by atoms with Crippen molar-refractivity contribution >= 4 is 28.5 Å². The molecule has 2 aromatic carbocycles. The fourth-order valence-electron chi connectivity index (χ4n) is 5.24. The second kappa shape index (κ2) is 12.7. The number of hydrogen-bond donors (Lipinski definition) is 0. The number of aromatic nitrogens is 1. The maximum Gasteiger partial charge on any atom is 0.306 e. The number of rotatable bonds is 11. The maximum absolute atomic E-state index is 13.8. The third-order valence-electron chi connectivity index (χ3n) is 7.49. The largest absolute Gasteiger partial charge is 0.497 e. The zero-order valence-electron chi connectivity index (χ0n) is 21.8. The van der Waals surface area contributed by atoms with E-state index in [1.165, 1.54) is 7.11 Å². The van der Waals surface area contributed by atoms with Gasteiger partial charge in [0.2, 0.25) is 0 Å². The SMILES string of the molecule is COC(=O)CC1(CCCc2c(Cl)cnc3ccc(OC)cc23)CCN(CCOc2cc(F)ccc2F)CC1. The Labute approximate surface area is 226 Å². The molecule has 0 spiro atoms. The van der Waals surface area contributed by atoms with E-state index in [0.717, 1.165) is 85.6 Å². The molecule has 0 aliphatic carbocycles. The number of carbonyl (C=O) groups excluding carboxylic acids is 1. The third-order valence-corrected chi connectivity index (χ3v) is 7.82. The van der Waals surface area contributed by atoms with Crippen molar-refractivity contribution in [2.45, 2.75) is 38.5 Å². The van der Waals surface area contributed by atoms with Gasteiger partial charge in [-0.2, -0.15) is 0 Å². The summed E-state index contributed by atoms with van der Waals surface area (Å²) in [5.74, 6) is -0.654. The molecule has 0 amide bonds. The summed E-state index contributed by atoms with van der Waals surface area (Å²) < 4.78 is 43.1. The second-order valence-corrected chi connectivity index (χ2v) is 10.2. The average molecular weight is 547 g/mol. The van der Waals surface area contributed by atoms with Crippen LogP contribution in [0.3, 0.4) is 0 Å². The zero-order chi connectivity index (χ0) is 27.1. The van der Waals surface area contributed by atoms with Crippen LogP contribution in [-0.2, 0) is 16.0 Å². The summed E-state index contributed by atoms with van der Waals surface area (Å²) in [4.78, 5) is 19.0. The topological polar surface area (TPSA) is 60.9 Å². The maximum atomic E-state index is 13.8. The molecule has 0 unspecified atom stereocenters. The van der Waals surface area contributed by atoms with Crippen LogP contribution in [0.25, 0.3) is 10.9 Å². The zero-order valence-corrected chi connectivity index (χ0v) is 22.5. The fourth-order valence-corrected chi connectivity index (χ4v) is 5.49. The van der Waals surface area contributed by atoms with Crippen LogP contribution in [0.1, 0.15) is 37.7 Å². The quantitative estimate of drug-likeness (QED) is 0.266. The molecule has 204 valence electrons. The van der Waals surface area contributed by atoms with Crippen molar-refractivity contribution in [3.05, 3.63) is 64.8 Å². The lowest BCUT2D eigenvalue weighted by molar-refractivity contribution is -0.144. The molecule has 0 bridgehead atoms. The van der Waals surface area contributed by atoms with Gasteiger partial charge in [0, 0.05) is 24.2 Å². The molecule has 1 saturated heterocycles. The van der Waals surface area contributed by atoms with E-state index in [2.05, 4.69) is 9.88 Å². The molecular weight excluding hydrogens is 514 g/mol. The fraction of sp³-hybridized carbons (Fsp3) is 0.448. The van der Waals surface area contributed by atoms with Gasteiger partial charge < -0.3 is 14.2 Å². The molecule has 0 N–H and O–H groups in total. The molecule has 1 fully saturated rings. The van der Waals surface area contributed by atoms with E-state index in [0.29, 0.717) is 18.0 Å². The Kier molecular flexibility index (Phi) is 9.39. The number of esters is 1. The molecule has 2 heterocycles. The van der Waals surface area contributed by atoms with E-state index < -0.39 is 11.6 Å². The lowest BCUT2D eigenvalue weighted by atomic mass is 9.72. The molecule has 4 rings (SSSR count). The predicted octanol–water partition coefficient (Wildman–Crippen LogP) is 6.22. The molecule has 1 aliphatic rings. The predicted molar refractivity (Wildman–Crippen MR) is 143 cm³/mol. The Morgan fingerprint density at radius 1 is 1.13 bits per heavy atom. The van der Waals surface area contributed by atoms with Crippen molar-refractivity contribution in [3.63, 3.8) is 0 Å². The van der Waals surface area contributed by atoms with Crippen LogP contribution in [0, 0.1) is 17.0 Å². The Bertz CT molecular complexity index is 1260. The number of nitrogens with zero attached hydrogens (tertiary/aromatic N) is 2. The number of methoxy groups -OCH3 is 2. The van der Waals surface area contributed by atoms with Gasteiger partial charge in [0.25, 0.3) is 0 Å². The molecule has 6 nitrogen and oxygen atoms in total. The lowest BCUT2D eigenvalue weighted by Gasteiger charge is -2.41. The molecular formula is C29H33ClF2N2O4. The number of pyridine rings is 1. The number of ether oxygens (including phenoxy) is 3. The first-order valence-corrected chi connectivity index (χ1v) is 13.2. The summed E-state index contributed by atoms with van der Waals surface area (Å²) in [5, 5.41) is 1.60. The highest BCUT2D eigenvalue weighted by Crippen LogP contribution is 2.41. The van der Waals surface area contributed by atoms with Crippen LogP contribution in [0.15, 0.2) is 42.6 Å². The monoisotopic (exact) mass is 546 g/mol. The minimum Gasteiger partial charge on any atom is -0.497 e. The molecule has 0 radical (unpaired) electrons. The van der Waals surface area contributed by atoms with E-state index in [1.54, 1.807) is 13.3 Å². The Morgan fingerprint density at radius 2 is 1.92 bits per heavy atom. The summed E-state index contributed by atoms with van der Waals surface area (Å²) in [5.41, 5.74) is 1.72. The number of carbonyl (C=O) groups is 1. The van der Waals surface area contributed by atoms with Crippen molar-refractivity contribution in [1.82, 2.24) is 9.88 Å². The van der Waals surface area contributed by atoms with Gasteiger partial charge in [-0.05, 0) is 86.5 Å². The highest BCUT2D eigenvalue weighted by atomic mass is 35.5. The molecule has 9 heteroatoms. The van der Waals surface area contributed by atoms with Crippen molar-refractivity contribution in [3.8, 4) is 11.5 Å². The first-order chi connectivity index (χ1) is 18.3. The van der Waals surface area contributed by atoms with Crippen LogP contribution < -0.4 is 9.47 Å².